The summed E-state index contributed by atoms with van der Waals surface area (Å²) in [5, 5.41) is 2.29. The summed E-state index contributed by atoms with van der Waals surface area (Å²) >= 11 is 0. The van der Waals surface area contributed by atoms with Gasteiger partial charge in [0.25, 0.3) is 5.91 Å². The van der Waals surface area contributed by atoms with Crippen LogP contribution in [0.15, 0.2) is 72.8 Å². The van der Waals surface area contributed by atoms with Crippen molar-refractivity contribution in [3.05, 3.63) is 101 Å². The van der Waals surface area contributed by atoms with Crippen molar-refractivity contribution in [1.82, 2.24) is 0 Å². The van der Waals surface area contributed by atoms with Crippen LogP contribution in [0.2, 0.25) is 0 Å². The Morgan fingerprint density at radius 1 is 0.875 bits per heavy atom. The summed E-state index contributed by atoms with van der Waals surface area (Å²) in [6, 6.07) is 15.8. The number of halogens is 2. The first-order chi connectivity index (χ1) is 15.4. The molecule has 1 aliphatic heterocycles. The molecule has 0 radical (unpaired) electrons. The smallest absolute Gasteiger partial charge is 0.339 e. The number of anilines is 1. The van der Waals surface area contributed by atoms with Crippen molar-refractivity contribution in [3.63, 3.8) is 0 Å². The fourth-order valence-corrected chi connectivity index (χ4v) is 3.51. The minimum atomic E-state index is -1.82. The first kappa shape index (κ1) is 21.0. The maximum atomic E-state index is 14.3. The van der Waals surface area contributed by atoms with Crippen molar-refractivity contribution < 1.29 is 32.7 Å². The summed E-state index contributed by atoms with van der Waals surface area (Å²) in [6.45, 7) is 0. The Morgan fingerprint density at radius 2 is 1.53 bits per heavy atom. The molecule has 1 aliphatic rings. The van der Waals surface area contributed by atoms with Crippen LogP contribution in [0, 0.1) is 17.6 Å². The lowest BCUT2D eigenvalue weighted by molar-refractivity contribution is -0.138. The molecule has 6 nitrogen and oxygen atoms in total. The third-order valence-corrected chi connectivity index (χ3v) is 5.05. The Morgan fingerprint density at radius 3 is 2.25 bits per heavy atom. The first-order valence-electron chi connectivity index (χ1n) is 9.56. The molecule has 8 heteroatoms. The monoisotopic (exact) mass is 435 g/mol. The summed E-state index contributed by atoms with van der Waals surface area (Å²) in [6.07, 6.45) is -1.41. The van der Waals surface area contributed by atoms with Crippen molar-refractivity contribution in [1.29, 1.82) is 0 Å². The van der Waals surface area contributed by atoms with Crippen LogP contribution >= 0.6 is 0 Å². The normalized spacial score (nSPS) is 15.4. The number of benzene rings is 3. The fourth-order valence-electron chi connectivity index (χ4n) is 3.51. The number of rotatable bonds is 6. The van der Waals surface area contributed by atoms with Crippen molar-refractivity contribution in [2.45, 2.75) is 6.10 Å². The molecule has 0 saturated heterocycles. The molecule has 4 rings (SSSR count). The van der Waals surface area contributed by atoms with Crippen molar-refractivity contribution in [2.75, 3.05) is 5.32 Å². The molecule has 0 unspecified atom stereocenters. The van der Waals surface area contributed by atoms with E-state index in [1.165, 1.54) is 42.5 Å². The van der Waals surface area contributed by atoms with Crippen LogP contribution in [0.25, 0.3) is 0 Å². The van der Waals surface area contributed by atoms with Gasteiger partial charge in [0.05, 0.1) is 11.1 Å². The highest BCUT2D eigenvalue weighted by atomic mass is 19.1. The first-order valence-corrected chi connectivity index (χ1v) is 9.56. The largest absolute Gasteiger partial charge is 0.453 e. The highest BCUT2D eigenvalue weighted by Crippen LogP contribution is 2.38. The number of carbonyl (C=O) groups is 4. The van der Waals surface area contributed by atoms with Gasteiger partial charge in [-0.05, 0) is 42.5 Å². The number of Topliss-reactive ketones (excluding diaryl/α,β-unsaturated/α-hetero) is 2. The van der Waals surface area contributed by atoms with Gasteiger partial charge in [-0.25, -0.2) is 13.6 Å². The average Bonchev–Trinajstić information content (AvgIpc) is 3.12. The Kier molecular flexibility index (Phi) is 5.59. The number of esters is 1. The van der Waals surface area contributed by atoms with Gasteiger partial charge in [-0.15, -0.1) is 0 Å². The zero-order valence-electron chi connectivity index (χ0n) is 16.4. The molecular weight excluding hydrogens is 420 g/mol. The van der Waals surface area contributed by atoms with Crippen LogP contribution in [0.1, 0.15) is 32.4 Å². The second-order valence-electron chi connectivity index (χ2n) is 7.06. The number of ketones is 2. The molecular formula is C24H15F2NO5. The Hall–Kier alpha value is -4.20. The molecule has 0 spiro atoms. The van der Waals surface area contributed by atoms with Gasteiger partial charge in [-0.2, -0.15) is 0 Å². The third-order valence-electron chi connectivity index (χ3n) is 5.05. The number of hydrogen-bond donors (Lipinski definition) is 1. The van der Waals surface area contributed by atoms with E-state index in [-0.39, 0.29) is 16.8 Å². The van der Waals surface area contributed by atoms with Crippen LogP contribution in [0.5, 0.6) is 0 Å². The summed E-state index contributed by atoms with van der Waals surface area (Å²) in [7, 11) is 0. The van der Waals surface area contributed by atoms with E-state index >= 15 is 0 Å². The molecule has 1 heterocycles. The summed E-state index contributed by atoms with van der Waals surface area (Å²) < 4.78 is 32.7. The van der Waals surface area contributed by atoms with E-state index in [9.17, 15) is 28.0 Å². The van der Waals surface area contributed by atoms with Gasteiger partial charge in [0.1, 0.15) is 23.7 Å². The molecule has 3 aromatic rings. The standard InChI is InChI=1S/C24H15F2NO5/c25-13-9-11-14(12-10-13)27-23(30)21(29)19(20(28)17-7-3-4-8-18(17)26)22-15-5-1-2-6-16(15)24(31)32-22/h1-12,19,22H,(H,27,30)/t19-,22-/m1/s1. The Bertz CT molecular complexity index is 1240. The van der Waals surface area contributed by atoms with Crippen molar-refractivity contribution >= 4 is 29.1 Å². The van der Waals surface area contributed by atoms with E-state index < -0.39 is 52.7 Å². The molecule has 0 saturated carbocycles. The third kappa shape index (κ3) is 3.90. The SMILES string of the molecule is O=C(Nc1ccc(F)cc1)C(=O)[C@@H](C(=O)c1ccccc1F)[C@@H]1OC(=O)c2ccccc21. The van der Waals surface area contributed by atoms with Gasteiger partial charge in [0, 0.05) is 11.3 Å². The second kappa shape index (κ2) is 8.50. The van der Waals surface area contributed by atoms with E-state index in [1.807, 2.05) is 0 Å². The molecule has 1 amide bonds. The number of nitrogens with one attached hydrogen (secondary N) is 1. The number of carbonyl (C=O) groups excluding carboxylic acids is 4. The Balaban J connectivity index is 1.72. The predicted molar refractivity (Wildman–Crippen MR) is 109 cm³/mol. The zero-order valence-corrected chi connectivity index (χ0v) is 16.4. The van der Waals surface area contributed by atoms with Crippen molar-refractivity contribution in [2.24, 2.45) is 5.92 Å². The zero-order chi connectivity index (χ0) is 22.8. The molecule has 1 N–H and O–H groups in total. The van der Waals surface area contributed by atoms with Gasteiger partial charge in [-0.3, -0.25) is 14.4 Å². The highest BCUT2D eigenvalue weighted by Gasteiger charge is 2.46. The average molecular weight is 435 g/mol. The van der Waals surface area contributed by atoms with Gasteiger partial charge in [-0.1, -0.05) is 30.3 Å². The number of amides is 1. The molecule has 3 aromatic carbocycles. The quantitative estimate of drug-likeness (QED) is 0.275. The van der Waals surface area contributed by atoms with E-state index in [4.69, 9.17) is 4.74 Å². The number of fused-ring (bicyclic) bond motifs is 1. The highest BCUT2D eigenvalue weighted by molar-refractivity contribution is 6.45. The number of hydrogen-bond acceptors (Lipinski definition) is 5. The minimum absolute atomic E-state index is 0.116. The van der Waals surface area contributed by atoms with Gasteiger partial charge < -0.3 is 10.1 Å². The summed E-state index contributed by atoms with van der Waals surface area (Å²) in [5.41, 5.74) is 0.0946. The molecule has 32 heavy (non-hydrogen) atoms. The maximum Gasteiger partial charge on any atom is 0.339 e. The minimum Gasteiger partial charge on any atom is -0.453 e. The van der Waals surface area contributed by atoms with Gasteiger partial charge >= 0.3 is 5.97 Å². The predicted octanol–water partition coefficient (Wildman–Crippen LogP) is 3.88. The van der Waals surface area contributed by atoms with E-state index in [2.05, 4.69) is 5.32 Å². The Labute approximate surface area is 180 Å². The van der Waals surface area contributed by atoms with Gasteiger partial charge in [0.2, 0.25) is 5.78 Å². The molecule has 0 bridgehead atoms. The van der Waals surface area contributed by atoms with Crippen LogP contribution in [-0.4, -0.2) is 23.4 Å². The summed E-state index contributed by atoms with van der Waals surface area (Å²) in [5.74, 6) is -7.42. The van der Waals surface area contributed by atoms with Gasteiger partial charge in [0.15, 0.2) is 5.78 Å². The molecule has 160 valence electrons. The van der Waals surface area contributed by atoms with Crippen LogP contribution < -0.4 is 5.32 Å². The fraction of sp³-hybridized carbons (Fsp3) is 0.0833. The van der Waals surface area contributed by atoms with Crippen LogP contribution in [0.3, 0.4) is 0 Å². The van der Waals surface area contributed by atoms with Crippen LogP contribution in [-0.2, 0) is 14.3 Å². The lowest BCUT2D eigenvalue weighted by atomic mass is 9.84. The van der Waals surface area contributed by atoms with Crippen molar-refractivity contribution in [3.8, 4) is 0 Å². The molecule has 0 aromatic heterocycles. The maximum absolute atomic E-state index is 14.3. The molecule has 0 aliphatic carbocycles. The lowest BCUT2D eigenvalue weighted by Crippen LogP contribution is -2.38. The lowest BCUT2D eigenvalue weighted by Gasteiger charge is -2.21. The van der Waals surface area contributed by atoms with Crippen LogP contribution in [0.4, 0.5) is 14.5 Å². The molecule has 0 fully saturated rings. The molecule has 2 atom stereocenters. The summed E-state index contributed by atoms with van der Waals surface area (Å²) in [4.78, 5) is 51.3. The second-order valence-corrected chi connectivity index (χ2v) is 7.06. The van der Waals surface area contributed by atoms with E-state index in [0.29, 0.717) is 0 Å². The van der Waals surface area contributed by atoms with E-state index in [1.54, 1.807) is 12.1 Å². The number of cyclic esters (lactones) is 1. The topological polar surface area (TPSA) is 89.5 Å². The number of ether oxygens (including phenoxy) is 1. The van der Waals surface area contributed by atoms with E-state index in [0.717, 1.165) is 18.2 Å².